The van der Waals surface area contributed by atoms with Gasteiger partial charge in [0.1, 0.15) is 12.4 Å². The number of carbonyl (C=O) groups is 2. The topological polar surface area (TPSA) is 71.9 Å². The summed E-state index contributed by atoms with van der Waals surface area (Å²) in [6.45, 7) is 14.0. The SMILES string of the molecule is CC[NH+](CC(=O)NCCOc1ccc(C)cc1C)CC(=O)NC(C)(C)C. The molecule has 6 heteroatoms. The molecule has 1 atom stereocenters. The van der Waals surface area contributed by atoms with Crippen LogP contribution in [0.25, 0.3) is 0 Å². The fraction of sp³-hybridized carbons (Fsp3) is 0.600. The van der Waals surface area contributed by atoms with E-state index in [1.54, 1.807) is 0 Å². The molecule has 0 radical (unpaired) electrons. The predicted octanol–water partition coefficient (Wildman–Crippen LogP) is 0.618. The van der Waals surface area contributed by atoms with Gasteiger partial charge >= 0.3 is 0 Å². The van der Waals surface area contributed by atoms with Crippen LogP contribution in [-0.4, -0.2) is 50.1 Å². The quantitative estimate of drug-likeness (QED) is 0.563. The van der Waals surface area contributed by atoms with Gasteiger partial charge in [0.25, 0.3) is 11.8 Å². The van der Waals surface area contributed by atoms with Gasteiger partial charge in [-0.1, -0.05) is 17.7 Å². The normalized spacial score (nSPS) is 12.4. The Morgan fingerprint density at radius 2 is 1.77 bits per heavy atom. The van der Waals surface area contributed by atoms with Crippen LogP contribution in [-0.2, 0) is 9.59 Å². The van der Waals surface area contributed by atoms with Crippen LogP contribution in [0.4, 0.5) is 0 Å². The summed E-state index contributed by atoms with van der Waals surface area (Å²) in [6.07, 6.45) is 0. The second kappa shape index (κ2) is 10.2. The Bertz CT molecular complexity index is 609. The molecule has 26 heavy (non-hydrogen) atoms. The number of rotatable bonds is 9. The molecule has 0 aliphatic heterocycles. The number of benzene rings is 1. The molecule has 0 saturated heterocycles. The average molecular weight is 365 g/mol. The molecule has 0 aliphatic rings. The lowest BCUT2D eigenvalue weighted by Gasteiger charge is -2.23. The molecule has 3 N–H and O–H groups in total. The van der Waals surface area contributed by atoms with Gasteiger partial charge in [-0.05, 0) is 53.2 Å². The van der Waals surface area contributed by atoms with E-state index in [1.807, 2.05) is 53.7 Å². The van der Waals surface area contributed by atoms with Gasteiger partial charge in [-0.15, -0.1) is 0 Å². The maximum atomic E-state index is 12.1. The zero-order valence-corrected chi connectivity index (χ0v) is 17.0. The molecule has 2 amide bonds. The van der Waals surface area contributed by atoms with E-state index in [-0.39, 0.29) is 23.9 Å². The molecule has 1 aromatic carbocycles. The molecule has 6 nitrogen and oxygen atoms in total. The van der Waals surface area contributed by atoms with Crippen molar-refractivity contribution < 1.29 is 19.2 Å². The Morgan fingerprint density at radius 1 is 1.12 bits per heavy atom. The minimum absolute atomic E-state index is 0.0414. The second-order valence-electron chi connectivity index (χ2n) is 7.72. The Labute approximate surface area is 157 Å². The second-order valence-corrected chi connectivity index (χ2v) is 7.72. The predicted molar refractivity (Wildman–Crippen MR) is 104 cm³/mol. The zero-order chi connectivity index (χ0) is 19.7. The monoisotopic (exact) mass is 364 g/mol. The van der Waals surface area contributed by atoms with E-state index in [4.69, 9.17) is 4.74 Å². The fourth-order valence-corrected chi connectivity index (χ4v) is 2.60. The van der Waals surface area contributed by atoms with E-state index in [2.05, 4.69) is 16.7 Å². The summed E-state index contributed by atoms with van der Waals surface area (Å²) in [7, 11) is 0. The highest BCUT2D eigenvalue weighted by Crippen LogP contribution is 2.18. The van der Waals surface area contributed by atoms with E-state index < -0.39 is 0 Å². The van der Waals surface area contributed by atoms with Crippen molar-refractivity contribution in [1.29, 1.82) is 0 Å². The van der Waals surface area contributed by atoms with E-state index in [9.17, 15) is 9.59 Å². The molecule has 0 saturated carbocycles. The van der Waals surface area contributed by atoms with E-state index in [0.29, 0.717) is 26.2 Å². The Hall–Kier alpha value is -2.08. The van der Waals surface area contributed by atoms with Crippen LogP contribution < -0.4 is 20.3 Å². The Morgan fingerprint density at radius 3 is 2.35 bits per heavy atom. The molecule has 0 fully saturated rings. The van der Waals surface area contributed by atoms with Gasteiger partial charge in [0.05, 0.1) is 13.1 Å². The first kappa shape index (κ1) is 22.0. The smallest absolute Gasteiger partial charge is 0.275 e. The molecular weight excluding hydrogens is 330 g/mol. The minimum Gasteiger partial charge on any atom is -0.491 e. The number of hydrogen-bond acceptors (Lipinski definition) is 3. The van der Waals surface area contributed by atoms with Gasteiger partial charge in [0.2, 0.25) is 0 Å². The first-order valence-corrected chi connectivity index (χ1v) is 9.22. The highest BCUT2D eigenvalue weighted by atomic mass is 16.5. The van der Waals surface area contributed by atoms with Crippen LogP contribution in [0, 0.1) is 13.8 Å². The van der Waals surface area contributed by atoms with Crippen molar-refractivity contribution in [2.24, 2.45) is 0 Å². The molecule has 0 aliphatic carbocycles. The van der Waals surface area contributed by atoms with Crippen molar-refractivity contribution in [2.75, 3.05) is 32.8 Å². The van der Waals surface area contributed by atoms with Gasteiger partial charge in [0, 0.05) is 5.54 Å². The van der Waals surface area contributed by atoms with Gasteiger partial charge < -0.3 is 20.3 Å². The van der Waals surface area contributed by atoms with Crippen LogP contribution >= 0.6 is 0 Å². The Balaban J connectivity index is 2.32. The lowest BCUT2D eigenvalue weighted by Crippen LogP contribution is -3.14. The number of aryl methyl sites for hydroxylation is 2. The Kier molecular flexibility index (Phi) is 8.58. The summed E-state index contributed by atoms with van der Waals surface area (Å²) in [5.41, 5.74) is 2.02. The fourth-order valence-electron chi connectivity index (χ4n) is 2.60. The molecular formula is C20H34N3O3+. The summed E-state index contributed by atoms with van der Waals surface area (Å²) in [4.78, 5) is 25.0. The summed E-state index contributed by atoms with van der Waals surface area (Å²) in [6, 6.07) is 6.02. The van der Waals surface area contributed by atoms with Crippen LogP contribution in [0.2, 0.25) is 0 Å². The summed E-state index contributed by atoms with van der Waals surface area (Å²) < 4.78 is 5.71. The van der Waals surface area contributed by atoms with Crippen molar-refractivity contribution in [3.63, 3.8) is 0 Å². The molecule has 146 valence electrons. The number of quaternary nitrogens is 1. The maximum Gasteiger partial charge on any atom is 0.275 e. The van der Waals surface area contributed by atoms with E-state index >= 15 is 0 Å². The zero-order valence-electron chi connectivity index (χ0n) is 17.0. The van der Waals surface area contributed by atoms with Crippen LogP contribution in [0.1, 0.15) is 38.8 Å². The van der Waals surface area contributed by atoms with Crippen molar-refractivity contribution in [3.8, 4) is 5.75 Å². The number of carbonyl (C=O) groups excluding carboxylic acids is 2. The van der Waals surface area contributed by atoms with Crippen LogP contribution in [0.3, 0.4) is 0 Å². The largest absolute Gasteiger partial charge is 0.491 e. The third kappa shape index (κ3) is 8.85. The van der Waals surface area contributed by atoms with Crippen LogP contribution in [0.5, 0.6) is 5.75 Å². The van der Waals surface area contributed by atoms with Crippen molar-refractivity contribution in [2.45, 2.75) is 47.1 Å². The number of amides is 2. The van der Waals surface area contributed by atoms with Crippen molar-refractivity contribution >= 4 is 11.8 Å². The van der Waals surface area contributed by atoms with Crippen LogP contribution in [0.15, 0.2) is 18.2 Å². The molecule has 1 rings (SSSR count). The summed E-state index contributed by atoms with van der Waals surface area (Å²) >= 11 is 0. The van der Waals surface area contributed by atoms with Gasteiger partial charge in [-0.2, -0.15) is 0 Å². The summed E-state index contributed by atoms with van der Waals surface area (Å²) in [5, 5.41) is 5.78. The number of nitrogens with one attached hydrogen (secondary N) is 3. The third-order valence-corrected chi connectivity index (χ3v) is 3.85. The summed E-state index contributed by atoms with van der Waals surface area (Å²) in [5.74, 6) is 0.722. The first-order valence-electron chi connectivity index (χ1n) is 9.22. The molecule has 0 aromatic heterocycles. The standard InChI is InChI=1S/C20H33N3O3/c1-7-23(14-19(25)22-20(4,5)6)13-18(24)21-10-11-26-17-9-8-15(2)12-16(17)3/h8-9,12H,7,10-11,13-14H2,1-6H3,(H,21,24)(H,22,25)/p+1. The van der Waals surface area contributed by atoms with E-state index in [1.165, 1.54) is 5.56 Å². The van der Waals surface area contributed by atoms with Gasteiger partial charge in [-0.25, -0.2) is 0 Å². The average Bonchev–Trinajstić information content (AvgIpc) is 2.50. The maximum absolute atomic E-state index is 12.1. The number of likely N-dealkylation sites (N-methyl/N-ethyl adjacent to an activating group) is 1. The van der Waals surface area contributed by atoms with Crippen molar-refractivity contribution in [3.05, 3.63) is 29.3 Å². The lowest BCUT2D eigenvalue weighted by atomic mass is 10.1. The molecule has 1 aromatic rings. The van der Waals surface area contributed by atoms with Crippen molar-refractivity contribution in [1.82, 2.24) is 10.6 Å². The minimum atomic E-state index is -0.260. The first-order chi connectivity index (χ1) is 12.1. The molecule has 1 unspecified atom stereocenters. The number of hydrogen-bond donors (Lipinski definition) is 3. The van der Waals surface area contributed by atoms with Gasteiger partial charge in [-0.3, -0.25) is 9.59 Å². The molecule has 0 bridgehead atoms. The van der Waals surface area contributed by atoms with E-state index in [0.717, 1.165) is 16.2 Å². The third-order valence-electron chi connectivity index (χ3n) is 3.85. The molecule has 0 spiro atoms. The van der Waals surface area contributed by atoms with Gasteiger partial charge in [0.15, 0.2) is 13.1 Å². The number of ether oxygens (including phenoxy) is 1. The highest BCUT2D eigenvalue weighted by molar-refractivity contribution is 5.79. The molecule has 0 heterocycles. The highest BCUT2D eigenvalue weighted by Gasteiger charge is 2.20. The lowest BCUT2D eigenvalue weighted by molar-refractivity contribution is -0.881.